The Bertz CT molecular complexity index is 2750. The summed E-state index contributed by atoms with van der Waals surface area (Å²) in [6, 6.07) is 6.83. The van der Waals surface area contributed by atoms with E-state index < -0.39 is 94.2 Å². The van der Waals surface area contributed by atoms with E-state index in [2.05, 4.69) is 35.8 Å². The van der Waals surface area contributed by atoms with Crippen molar-refractivity contribution < 1.29 is 53.1 Å². The number of nitrogens with zero attached hydrogens (tertiary/aromatic N) is 7. The van der Waals surface area contributed by atoms with Crippen molar-refractivity contribution in [2.24, 2.45) is 10.2 Å². The Morgan fingerprint density at radius 3 is 1.96 bits per heavy atom. The number of nitrogens with one attached hydrogen (secondary N) is 2. The zero-order chi connectivity index (χ0) is 39.2. The average molecular weight is 814 g/mol. The number of nitro benzene ring substituents is 2. The molecule has 0 spiro atoms. The van der Waals surface area contributed by atoms with E-state index in [-0.39, 0.29) is 34.1 Å². The summed E-state index contributed by atoms with van der Waals surface area (Å²) < 4.78 is 116. The van der Waals surface area contributed by atoms with Gasteiger partial charge in [0.15, 0.2) is 0 Å². The van der Waals surface area contributed by atoms with E-state index in [9.17, 15) is 63.5 Å². The lowest BCUT2D eigenvalue weighted by Gasteiger charge is -2.13. The Morgan fingerprint density at radius 1 is 0.736 bits per heavy atom. The molecule has 0 saturated heterocycles. The van der Waals surface area contributed by atoms with Crippen LogP contribution in [-0.2, 0) is 30.4 Å². The van der Waals surface area contributed by atoms with Gasteiger partial charge in [0.1, 0.15) is 32.7 Å². The third-order valence-electron chi connectivity index (χ3n) is 6.79. The summed E-state index contributed by atoms with van der Waals surface area (Å²) in [5, 5.41) is 34.5. The molecule has 1 aromatic heterocycles. The van der Waals surface area contributed by atoms with Gasteiger partial charge < -0.3 is 10.6 Å². The molecule has 4 aromatic carbocycles. The topological polar surface area (TPSA) is 337 Å². The Morgan fingerprint density at radius 2 is 1.38 bits per heavy atom. The molecule has 276 valence electrons. The third-order valence-corrected chi connectivity index (χ3v) is 9.56. The summed E-state index contributed by atoms with van der Waals surface area (Å²) in [4.78, 5) is 29.2. The number of benzene rings is 4. The van der Waals surface area contributed by atoms with E-state index >= 15 is 0 Å². The van der Waals surface area contributed by atoms with Gasteiger partial charge in [0.05, 0.1) is 26.5 Å². The van der Waals surface area contributed by atoms with Gasteiger partial charge in [-0.2, -0.15) is 39.6 Å². The Labute approximate surface area is 300 Å². The standard InChI is InChI=1S/C26H17ClFN9O13S3/c1-11-29-25(27)33-26(30-11)32-18-6-13(31-19-9-16(28)21(36(38)39)10-22(19)37(40)41)2-3-17(18)34-35-20-8-15-12(5-24(20)53(48,49)50)4-14(51(42,43)44)7-23(15)52(45,46)47/h2-10,31H,1H3,(H,42,43,44)(H,45,46,47)(H,48,49,50)(H,29,30,32,33). The SMILES string of the molecule is Cc1nc(Cl)nc(Nc2cc(Nc3cc(F)c([N+](=O)[O-])cc3[N+](=O)[O-])ccc2N=Nc2cc3c(S(=O)(=O)O)cc(S(=O)(=O)O)cc3cc2S(=O)(=O)O)n1. The van der Waals surface area contributed by atoms with Crippen LogP contribution >= 0.6 is 11.6 Å². The number of hydrogen-bond acceptors (Lipinski definition) is 17. The monoisotopic (exact) mass is 813 g/mol. The molecule has 0 unspecified atom stereocenters. The smallest absolute Gasteiger partial charge is 0.311 e. The van der Waals surface area contributed by atoms with Gasteiger partial charge in [0.2, 0.25) is 17.0 Å². The van der Waals surface area contributed by atoms with Crippen LogP contribution < -0.4 is 10.6 Å². The number of rotatable bonds is 11. The number of aryl methyl sites for hydroxylation is 1. The first-order valence-corrected chi connectivity index (χ1v) is 18.4. The number of nitro groups is 2. The lowest BCUT2D eigenvalue weighted by molar-refractivity contribution is -0.395. The molecule has 27 heteroatoms. The minimum absolute atomic E-state index is 0.0450. The quantitative estimate of drug-likeness (QED) is 0.0469. The zero-order valence-electron chi connectivity index (χ0n) is 25.7. The summed E-state index contributed by atoms with van der Waals surface area (Å²) >= 11 is 5.93. The van der Waals surface area contributed by atoms with Crippen LogP contribution in [-0.4, -0.2) is 63.7 Å². The molecule has 0 aliphatic heterocycles. The van der Waals surface area contributed by atoms with Crippen LogP contribution in [0.25, 0.3) is 10.8 Å². The van der Waals surface area contributed by atoms with Crippen molar-refractivity contribution in [1.29, 1.82) is 0 Å². The highest BCUT2D eigenvalue weighted by molar-refractivity contribution is 7.87. The first-order valence-electron chi connectivity index (χ1n) is 13.7. The minimum Gasteiger partial charge on any atom is -0.350 e. The fourth-order valence-corrected chi connectivity index (χ4v) is 6.79. The molecule has 0 saturated carbocycles. The first kappa shape index (κ1) is 38.3. The van der Waals surface area contributed by atoms with Gasteiger partial charge in [-0.25, -0.2) is 4.98 Å². The second-order valence-corrected chi connectivity index (χ2v) is 14.9. The third kappa shape index (κ3) is 8.60. The molecule has 5 N–H and O–H groups in total. The van der Waals surface area contributed by atoms with Gasteiger partial charge in [-0.1, -0.05) is 0 Å². The molecule has 0 aliphatic carbocycles. The van der Waals surface area contributed by atoms with Gasteiger partial charge in [-0.05, 0) is 66.4 Å². The van der Waals surface area contributed by atoms with Gasteiger partial charge in [-0.15, -0.1) is 10.2 Å². The van der Waals surface area contributed by atoms with Crippen LogP contribution in [0.2, 0.25) is 5.28 Å². The molecule has 0 amide bonds. The lowest BCUT2D eigenvalue weighted by atomic mass is 10.1. The highest BCUT2D eigenvalue weighted by atomic mass is 35.5. The van der Waals surface area contributed by atoms with Gasteiger partial charge in [0.25, 0.3) is 36.0 Å². The molecule has 0 fully saturated rings. The molecule has 5 aromatic rings. The predicted octanol–water partition coefficient (Wildman–Crippen LogP) is 5.58. The minimum atomic E-state index is -5.25. The van der Waals surface area contributed by atoms with Crippen LogP contribution in [0.1, 0.15) is 5.82 Å². The number of halogens is 2. The van der Waals surface area contributed by atoms with Crippen molar-refractivity contribution in [2.75, 3.05) is 10.6 Å². The highest BCUT2D eigenvalue weighted by Crippen LogP contribution is 2.39. The van der Waals surface area contributed by atoms with Gasteiger partial charge in [-0.3, -0.25) is 33.9 Å². The van der Waals surface area contributed by atoms with Crippen LogP contribution in [0.3, 0.4) is 0 Å². The van der Waals surface area contributed by atoms with E-state index in [0.29, 0.717) is 30.3 Å². The summed E-state index contributed by atoms with van der Waals surface area (Å²) in [6.07, 6.45) is 0. The fraction of sp³-hybridized carbons (Fsp3) is 0.0385. The second kappa shape index (κ2) is 13.9. The van der Waals surface area contributed by atoms with Crippen molar-refractivity contribution in [2.45, 2.75) is 21.6 Å². The fourth-order valence-electron chi connectivity index (χ4n) is 4.60. The van der Waals surface area contributed by atoms with Gasteiger partial charge in [0, 0.05) is 17.1 Å². The van der Waals surface area contributed by atoms with Crippen LogP contribution in [0, 0.1) is 33.0 Å². The second-order valence-electron chi connectivity index (χ2n) is 10.4. The number of azo groups is 1. The molecule has 1 heterocycles. The first-order chi connectivity index (χ1) is 24.5. The molecule has 0 radical (unpaired) electrons. The molecule has 0 bridgehead atoms. The summed E-state index contributed by atoms with van der Waals surface area (Å²) in [6.45, 7) is 1.45. The maximum absolute atomic E-state index is 14.5. The summed E-state index contributed by atoms with van der Waals surface area (Å²) in [7, 11) is -15.6. The highest BCUT2D eigenvalue weighted by Gasteiger charge is 2.27. The van der Waals surface area contributed by atoms with Crippen molar-refractivity contribution >= 4 is 98.5 Å². The van der Waals surface area contributed by atoms with E-state index in [1.807, 2.05) is 0 Å². The Balaban J connectivity index is 1.69. The van der Waals surface area contributed by atoms with E-state index in [1.165, 1.54) is 19.1 Å². The Kier molecular flexibility index (Phi) is 10.1. The zero-order valence-corrected chi connectivity index (χ0v) is 28.9. The maximum atomic E-state index is 14.5. The molecule has 0 atom stereocenters. The molecular weight excluding hydrogens is 797 g/mol. The van der Waals surface area contributed by atoms with Crippen molar-refractivity contribution in [3.63, 3.8) is 0 Å². The molecular formula is C26H17ClFN9O13S3. The van der Waals surface area contributed by atoms with Crippen molar-refractivity contribution in [1.82, 2.24) is 15.0 Å². The largest absolute Gasteiger partial charge is 0.350 e. The normalized spacial score (nSPS) is 12.3. The Hall–Kier alpha value is -5.90. The van der Waals surface area contributed by atoms with E-state index in [1.54, 1.807) is 0 Å². The van der Waals surface area contributed by atoms with Crippen LogP contribution in [0.4, 0.5) is 50.2 Å². The van der Waals surface area contributed by atoms with Crippen LogP contribution in [0.15, 0.2) is 79.5 Å². The molecule has 22 nitrogen and oxygen atoms in total. The molecule has 0 aliphatic rings. The maximum Gasteiger partial charge on any atom is 0.311 e. The number of aromatic nitrogens is 3. The van der Waals surface area contributed by atoms with E-state index in [0.717, 1.165) is 12.1 Å². The summed E-state index contributed by atoms with van der Waals surface area (Å²) in [5.74, 6) is -1.48. The number of anilines is 4. The average Bonchev–Trinajstić information content (AvgIpc) is 3.01. The number of hydrogen-bond donors (Lipinski definition) is 5. The van der Waals surface area contributed by atoms with E-state index in [4.69, 9.17) is 11.6 Å². The number of fused-ring (bicyclic) bond motifs is 1. The molecule has 5 rings (SSSR count). The van der Waals surface area contributed by atoms with Crippen LogP contribution in [0.5, 0.6) is 0 Å². The van der Waals surface area contributed by atoms with Crippen molar-refractivity contribution in [3.05, 3.63) is 91.8 Å². The van der Waals surface area contributed by atoms with Gasteiger partial charge >= 0.3 is 5.69 Å². The van der Waals surface area contributed by atoms with Crippen molar-refractivity contribution in [3.8, 4) is 0 Å². The molecule has 53 heavy (non-hydrogen) atoms. The predicted molar refractivity (Wildman–Crippen MR) is 180 cm³/mol. The summed E-state index contributed by atoms with van der Waals surface area (Å²) in [5.41, 5.74) is -3.70. The lowest BCUT2D eigenvalue weighted by Crippen LogP contribution is -2.05.